The summed E-state index contributed by atoms with van der Waals surface area (Å²) in [5.74, 6) is 1.10. The Morgan fingerprint density at radius 1 is 1.10 bits per heavy atom. The lowest BCUT2D eigenvalue weighted by molar-refractivity contribution is 0.251. The minimum atomic E-state index is 0.414. The molecule has 1 atom stereocenters. The summed E-state index contributed by atoms with van der Waals surface area (Å²) in [6.45, 7) is 6.10. The quantitative estimate of drug-likeness (QED) is 0.916. The standard InChI is InChI=1S/C19H23NO/c1-14-8-9-17-18(11-13-21-19(17)15(14)2)20-12-10-16-6-4-3-5-7-16/h3-9,18,20H,10-13H2,1-2H3. The second-order valence-corrected chi connectivity index (χ2v) is 5.81. The lowest BCUT2D eigenvalue weighted by atomic mass is 9.95. The molecule has 0 bridgehead atoms. The Kier molecular flexibility index (Phi) is 4.26. The molecule has 3 rings (SSSR count). The van der Waals surface area contributed by atoms with Crippen LogP contribution in [0.1, 0.15) is 34.7 Å². The van der Waals surface area contributed by atoms with Gasteiger partial charge in [0.1, 0.15) is 5.75 Å². The third-order valence-electron chi connectivity index (χ3n) is 4.38. The predicted octanol–water partition coefficient (Wildman–Crippen LogP) is 3.96. The van der Waals surface area contributed by atoms with Crippen molar-refractivity contribution in [3.05, 3.63) is 64.7 Å². The SMILES string of the molecule is Cc1ccc2c(c1C)OCCC2NCCc1ccccc1. The fourth-order valence-electron chi connectivity index (χ4n) is 2.96. The Hall–Kier alpha value is -1.80. The van der Waals surface area contributed by atoms with Crippen LogP contribution in [-0.4, -0.2) is 13.2 Å². The summed E-state index contributed by atoms with van der Waals surface area (Å²) in [7, 11) is 0. The minimum absolute atomic E-state index is 0.414. The number of hydrogen-bond donors (Lipinski definition) is 1. The Balaban J connectivity index is 1.67. The molecule has 21 heavy (non-hydrogen) atoms. The monoisotopic (exact) mass is 281 g/mol. The van der Waals surface area contributed by atoms with Crippen LogP contribution in [0.2, 0.25) is 0 Å². The number of aryl methyl sites for hydroxylation is 1. The van der Waals surface area contributed by atoms with Gasteiger partial charge in [-0.3, -0.25) is 0 Å². The number of rotatable bonds is 4. The van der Waals surface area contributed by atoms with Gasteiger partial charge in [0.05, 0.1) is 6.61 Å². The minimum Gasteiger partial charge on any atom is -0.493 e. The van der Waals surface area contributed by atoms with Crippen molar-refractivity contribution in [2.45, 2.75) is 32.7 Å². The Bertz CT molecular complexity index is 606. The van der Waals surface area contributed by atoms with Gasteiger partial charge in [-0.2, -0.15) is 0 Å². The van der Waals surface area contributed by atoms with Crippen LogP contribution in [0.15, 0.2) is 42.5 Å². The first-order chi connectivity index (χ1) is 10.3. The largest absolute Gasteiger partial charge is 0.493 e. The molecule has 0 spiro atoms. The topological polar surface area (TPSA) is 21.3 Å². The zero-order valence-electron chi connectivity index (χ0n) is 12.9. The first kappa shape index (κ1) is 14.2. The Morgan fingerprint density at radius 2 is 1.90 bits per heavy atom. The highest BCUT2D eigenvalue weighted by molar-refractivity contribution is 5.47. The molecule has 1 unspecified atom stereocenters. The highest BCUT2D eigenvalue weighted by Gasteiger charge is 2.22. The smallest absolute Gasteiger partial charge is 0.127 e. The first-order valence-corrected chi connectivity index (χ1v) is 7.76. The van der Waals surface area contributed by atoms with Crippen LogP contribution in [0.3, 0.4) is 0 Å². The maximum Gasteiger partial charge on any atom is 0.127 e. The highest BCUT2D eigenvalue weighted by Crippen LogP contribution is 2.36. The Labute approximate surface area is 127 Å². The number of fused-ring (bicyclic) bond motifs is 1. The van der Waals surface area contributed by atoms with E-state index in [0.717, 1.165) is 31.7 Å². The van der Waals surface area contributed by atoms with Gasteiger partial charge in [0.25, 0.3) is 0 Å². The van der Waals surface area contributed by atoms with Crippen molar-refractivity contribution >= 4 is 0 Å². The van der Waals surface area contributed by atoms with E-state index >= 15 is 0 Å². The number of hydrogen-bond acceptors (Lipinski definition) is 2. The molecule has 2 aromatic rings. The van der Waals surface area contributed by atoms with Crippen LogP contribution < -0.4 is 10.1 Å². The van der Waals surface area contributed by atoms with E-state index in [2.05, 4.69) is 61.6 Å². The molecule has 110 valence electrons. The summed E-state index contributed by atoms with van der Waals surface area (Å²) in [5.41, 5.74) is 5.29. The molecule has 2 heteroatoms. The molecule has 0 saturated carbocycles. The van der Waals surface area contributed by atoms with Crippen molar-refractivity contribution < 1.29 is 4.74 Å². The van der Waals surface area contributed by atoms with Gasteiger partial charge in [0, 0.05) is 18.0 Å². The second kappa shape index (κ2) is 6.31. The van der Waals surface area contributed by atoms with Crippen molar-refractivity contribution in [2.24, 2.45) is 0 Å². The lowest BCUT2D eigenvalue weighted by Gasteiger charge is -2.28. The predicted molar refractivity (Wildman–Crippen MR) is 86.9 cm³/mol. The maximum atomic E-state index is 5.89. The first-order valence-electron chi connectivity index (χ1n) is 7.76. The van der Waals surface area contributed by atoms with Crippen molar-refractivity contribution in [3.8, 4) is 5.75 Å². The number of nitrogens with one attached hydrogen (secondary N) is 1. The number of ether oxygens (including phenoxy) is 1. The molecule has 2 nitrogen and oxygen atoms in total. The normalized spacial score (nSPS) is 17.1. The molecule has 0 radical (unpaired) electrons. The van der Waals surface area contributed by atoms with Crippen molar-refractivity contribution in [3.63, 3.8) is 0 Å². The van der Waals surface area contributed by atoms with Crippen molar-refractivity contribution in [2.75, 3.05) is 13.2 Å². The van der Waals surface area contributed by atoms with Crippen LogP contribution in [0.4, 0.5) is 0 Å². The van der Waals surface area contributed by atoms with E-state index in [1.54, 1.807) is 0 Å². The van der Waals surface area contributed by atoms with Gasteiger partial charge in [-0.15, -0.1) is 0 Å². The summed E-state index contributed by atoms with van der Waals surface area (Å²) in [6.07, 6.45) is 2.11. The highest BCUT2D eigenvalue weighted by atomic mass is 16.5. The van der Waals surface area contributed by atoms with Gasteiger partial charge in [-0.05, 0) is 43.5 Å². The van der Waals surface area contributed by atoms with Gasteiger partial charge in [0.15, 0.2) is 0 Å². The van der Waals surface area contributed by atoms with Crippen LogP contribution >= 0.6 is 0 Å². The summed E-state index contributed by atoms with van der Waals surface area (Å²) in [5, 5.41) is 3.69. The van der Waals surface area contributed by atoms with Crippen LogP contribution in [0.25, 0.3) is 0 Å². The molecule has 0 aromatic heterocycles. The van der Waals surface area contributed by atoms with E-state index in [0.29, 0.717) is 6.04 Å². The van der Waals surface area contributed by atoms with E-state index in [4.69, 9.17) is 4.74 Å². The third-order valence-corrected chi connectivity index (χ3v) is 4.38. The van der Waals surface area contributed by atoms with E-state index in [1.165, 1.54) is 22.3 Å². The van der Waals surface area contributed by atoms with E-state index in [1.807, 2.05) is 0 Å². The zero-order chi connectivity index (χ0) is 14.7. The number of benzene rings is 2. The molecule has 1 heterocycles. The molecular weight excluding hydrogens is 258 g/mol. The van der Waals surface area contributed by atoms with Gasteiger partial charge in [0.2, 0.25) is 0 Å². The summed E-state index contributed by atoms with van der Waals surface area (Å²) >= 11 is 0. The van der Waals surface area contributed by atoms with Crippen LogP contribution in [0, 0.1) is 13.8 Å². The third kappa shape index (κ3) is 3.11. The molecule has 0 saturated heterocycles. The fourth-order valence-corrected chi connectivity index (χ4v) is 2.96. The molecule has 0 fully saturated rings. The van der Waals surface area contributed by atoms with E-state index < -0.39 is 0 Å². The molecule has 1 aliphatic rings. The fraction of sp³-hybridized carbons (Fsp3) is 0.368. The molecule has 0 aliphatic carbocycles. The van der Waals surface area contributed by atoms with Gasteiger partial charge < -0.3 is 10.1 Å². The van der Waals surface area contributed by atoms with Crippen molar-refractivity contribution in [1.82, 2.24) is 5.32 Å². The van der Waals surface area contributed by atoms with Crippen molar-refractivity contribution in [1.29, 1.82) is 0 Å². The average Bonchev–Trinajstić information content (AvgIpc) is 2.52. The zero-order valence-corrected chi connectivity index (χ0v) is 12.9. The molecule has 1 aliphatic heterocycles. The van der Waals surface area contributed by atoms with E-state index in [9.17, 15) is 0 Å². The Morgan fingerprint density at radius 3 is 2.71 bits per heavy atom. The van der Waals surface area contributed by atoms with Gasteiger partial charge in [-0.25, -0.2) is 0 Å². The lowest BCUT2D eigenvalue weighted by Crippen LogP contribution is -2.29. The summed E-state index contributed by atoms with van der Waals surface area (Å²) < 4.78 is 5.89. The maximum absolute atomic E-state index is 5.89. The molecular formula is C19H23NO. The van der Waals surface area contributed by atoms with Crippen LogP contribution in [0.5, 0.6) is 5.75 Å². The molecule has 2 aromatic carbocycles. The summed E-state index contributed by atoms with van der Waals surface area (Å²) in [4.78, 5) is 0. The molecule has 0 amide bonds. The van der Waals surface area contributed by atoms with Gasteiger partial charge in [-0.1, -0.05) is 42.5 Å². The second-order valence-electron chi connectivity index (χ2n) is 5.81. The van der Waals surface area contributed by atoms with Gasteiger partial charge >= 0.3 is 0 Å². The summed E-state index contributed by atoms with van der Waals surface area (Å²) in [6, 6.07) is 15.5. The molecule has 1 N–H and O–H groups in total. The average molecular weight is 281 g/mol. The van der Waals surface area contributed by atoms with Crippen LogP contribution in [-0.2, 0) is 6.42 Å². The van der Waals surface area contributed by atoms with E-state index in [-0.39, 0.29) is 0 Å².